The van der Waals surface area contributed by atoms with E-state index in [-0.39, 0.29) is 41.4 Å². The molecule has 2 aliphatic heterocycles. The van der Waals surface area contributed by atoms with Gasteiger partial charge in [0.05, 0.1) is 45.2 Å². The highest BCUT2D eigenvalue weighted by molar-refractivity contribution is 7.16. The molecule has 6 rings (SSSR count). The Kier molecular flexibility index (Phi) is 11.4. The number of piperazine rings is 1. The molecule has 0 spiro atoms. The minimum atomic E-state index is -1.03. The van der Waals surface area contributed by atoms with Gasteiger partial charge in [-0.05, 0) is 85.4 Å². The van der Waals surface area contributed by atoms with Gasteiger partial charge in [0, 0.05) is 31.2 Å². The maximum atomic E-state index is 14.4. The van der Waals surface area contributed by atoms with Crippen molar-refractivity contribution in [2.24, 2.45) is 5.41 Å². The molecule has 306 valence electrons. The first kappa shape index (κ1) is 41.5. The van der Waals surface area contributed by atoms with Gasteiger partial charge in [0.2, 0.25) is 5.91 Å². The fourth-order valence-corrected chi connectivity index (χ4v) is 7.56. The zero-order valence-electron chi connectivity index (χ0n) is 34.2. The minimum Gasteiger partial charge on any atom is -0.443 e. The molecule has 4 aromatic rings. The number of benzene rings is 1. The molecule has 0 bridgehead atoms. The highest BCUT2D eigenvalue weighted by Crippen LogP contribution is 2.37. The van der Waals surface area contributed by atoms with Crippen molar-refractivity contribution in [1.82, 2.24) is 29.5 Å². The number of fused-ring (bicyclic) bond motifs is 2. The van der Waals surface area contributed by atoms with E-state index in [9.17, 15) is 24.0 Å². The van der Waals surface area contributed by atoms with Crippen LogP contribution in [0.15, 0.2) is 36.1 Å². The average molecular weight is 805 g/mol. The summed E-state index contributed by atoms with van der Waals surface area (Å²) in [6.07, 6.45) is 2.39. The minimum absolute atomic E-state index is 0.0650. The van der Waals surface area contributed by atoms with Gasteiger partial charge in [-0.1, -0.05) is 26.8 Å². The van der Waals surface area contributed by atoms with Gasteiger partial charge in [0.25, 0.3) is 0 Å². The Balaban J connectivity index is 1.40. The number of nitrogens with zero attached hydrogens (tertiary/aromatic N) is 7. The van der Waals surface area contributed by atoms with Crippen LogP contribution < -0.4 is 10.2 Å². The lowest BCUT2D eigenvalue weighted by Gasteiger charge is -2.46. The number of imide groups is 1. The van der Waals surface area contributed by atoms with Crippen LogP contribution >= 0.6 is 11.3 Å². The van der Waals surface area contributed by atoms with Crippen LogP contribution in [0.5, 0.6) is 0 Å². The van der Waals surface area contributed by atoms with Crippen LogP contribution in [0.25, 0.3) is 21.1 Å². The van der Waals surface area contributed by atoms with Crippen LogP contribution in [0, 0.1) is 5.41 Å². The Hall–Kier alpha value is -5.16. The van der Waals surface area contributed by atoms with Crippen molar-refractivity contribution in [1.29, 1.82) is 0 Å². The summed E-state index contributed by atoms with van der Waals surface area (Å²) in [7, 11) is 0. The van der Waals surface area contributed by atoms with Crippen molar-refractivity contribution >= 4 is 73.9 Å². The number of thiazole rings is 1. The monoisotopic (exact) mass is 804 g/mol. The van der Waals surface area contributed by atoms with Crippen molar-refractivity contribution in [3.63, 3.8) is 0 Å². The number of nitrogens with one attached hydrogen (secondary N) is 1. The summed E-state index contributed by atoms with van der Waals surface area (Å²) in [5.41, 5.74) is 0.979. The first-order valence-electron chi connectivity index (χ1n) is 19.1. The van der Waals surface area contributed by atoms with Gasteiger partial charge in [-0.3, -0.25) is 14.4 Å². The third kappa shape index (κ3) is 9.04. The van der Waals surface area contributed by atoms with Crippen LogP contribution in [0.3, 0.4) is 0 Å². The lowest BCUT2D eigenvalue weighted by molar-refractivity contribution is -0.154. The second-order valence-corrected chi connectivity index (χ2v) is 18.4. The Morgan fingerprint density at radius 1 is 0.895 bits per heavy atom. The lowest BCUT2D eigenvalue weighted by Crippen LogP contribution is -2.60. The van der Waals surface area contributed by atoms with Gasteiger partial charge in [-0.15, -0.1) is 11.3 Å². The van der Waals surface area contributed by atoms with E-state index in [0.29, 0.717) is 17.9 Å². The molecule has 5 amide bonds. The number of ether oxygens (including phenoxy) is 3. The Bertz CT molecular complexity index is 2160. The largest absolute Gasteiger partial charge is 0.443 e. The summed E-state index contributed by atoms with van der Waals surface area (Å²) in [5.74, 6) is -1.99. The second-order valence-electron chi connectivity index (χ2n) is 17.5. The molecule has 5 heterocycles. The van der Waals surface area contributed by atoms with E-state index in [1.807, 2.05) is 45.9 Å². The third-order valence-electron chi connectivity index (χ3n) is 9.48. The number of carbonyl (C=O) groups is 5. The smallest absolute Gasteiger partial charge is 0.425 e. The summed E-state index contributed by atoms with van der Waals surface area (Å²) in [6, 6.07) is 4.66. The topological polar surface area (TPSA) is 178 Å². The van der Waals surface area contributed by atoms with E-state index in [1.165, 1.54) is 28.6 Å². The molecule has 3 atom stereocenters. The SMILES string of the molecule is C[C@@H]1CN(C(=O)C(=O)Nc2cnc(N(C(=O)OC(C)(C)C)C(=O)OC(C)(C)C)c3cnn(C4CCCCO4)c23)[C@@H](c2ccc3scnc3c2)CN1C(=O)C(C)(C)C. The van der Waals surface area contributed by atoms with E-state index >= 15 is 0 Å². The number of hydrogen-bond donors (Lipinski definition) is 1. The van der Waals surface area contributed by atoms with Crippen LogP contribution in [-0.4, -0.2) is 96.4 Å². The quantitative estimate of drug-likeness (QED) is 0.206. The van der Waals surface area contributed by atoms with Gasteiger partial charge in [0.1, 0.15) is 16.7 Å². The molecule has 1 unspecified atom stereocenters. The third-order valence-corrected chi connectivity index (χ3v) is 10.3. The number of anilines is 2. The summed E-state index contributed by atoms with van der Waals surface area (Å²) >= 11 is 1.49. The summed E-state index contributed by atoms with van der Waals surface area (Å²) < 4.78 is 19.8. The molecular weight excluding hydrogens is 753 g/mol. The van der Waals surface area contributed by atoms with Crippen LogP contribution in [-0.2, 0) is 28.6 Å². The maximum Gasteiger partial charge on any atom is 0.425 e. The maximum absolute atomic E-state index is 14.4. The molecule has 0 radical (unpaired) electrons. The van der Waals surface area contributed by atoms with Crippen LogP contribution in [0.2, 0.25) is 0 Å². The van der Waals surface area contributed by atoms with Crippen LogP contribution in [0.1, 0.15) is 106 Å². The van der Waals surface area contributed by atoms with Crippen molar-refractivity contribution in [2.75, 3.05) is 29.9 Å². The van der Waals surface area contributed by atoms with Gasteiger partial charge in [0.15, 0.2) is 12.0 Å². The normalized spacial score (nSPS) is 19.4. The standard InChI is InChI=1S/C40H52N8O8S/c1-23-20-46(28(21-45(23)35(51)38(2,3)4)24-14-15-29-26(17-24)42-22-57-29)34(50)33(49)44-27-19-41-32(25-18-43-48(31(25)27)30-13-11-12-16-54-30)47(36(52)55-39(5,6)7)37(53)56-40(8,9)10/h14-15,17-19,22-23,28,30H,11-13,16,20-21H2,1-10H3,(H,44,49)/t23-,28-,30?/m1/s1. The van der Waals surface area contributed by atoms with Crippen molar-refractivity contribution in [2.45, 2.75) is 118 Å². The van der Waals surface area contributed by atoms with E-state index in [1.54, 1.807) is 56.6 Å². The van der Waals surface area contributed by atoms with Crippen LogP contribution in [0.4, 0.5) is 21.1 Å². The molecule has 57 heavy (non-hydrogen) atoms. The molecule has 2 saturated heterocycles. The Labute approximate surface area is 335 Å². The van der Waals surface area contributed by atoms with Gasteiger partial charge >= 0.3 is 24.0 Å². The fourth-order valence-electron chi connectivity index (χ4n) is 6.91. The lowest BCUT2D eigenvalue weighted by atomic mass is 9.91. The van der Waals surface area contributed by atoms with Crippen molar-refractivity contribution < 1.29 is 38.2 Å². The van der Waals surface area contributed by atoms with Crippen molar-refractivity contribution in [3.8, 4) is 0 Å². The predicted molar refractivity (Wildman–Crippen MR) is 215 cm³/mol. The summed E-state index contributed by atoms with van der Waals surface area (Å²) in [6.45, 7) is 18.2. The molecule has 17 heteroatoms. The number of pyridine rings is 1. The molecule has 1 aromatic carbocycles. The predicted octanol–water partition coefficient (Wildman–Crippen LogP) is 7.20. The zero-order chi connectivity index (χ0) is 41.6. The fraction of sp³-hybridized carbons (Fsp3) is 0.550. The number of aromatic nitrogens is 4. The van der Waals surface area contributed by atoms with Crippen molar-refractivity contribution in [3.05, 3.63) is 41.7 Å². The second kappa shape index (κ2) is 15.6. The number of carbonyl (C=O) groups excluding carboxylic acids is 5. The summed E-state index contributed by atoms with van der Waals surface area (Å²) in [4.78, 5) is 82.5. The van der Waals surface area contributed by atoms with Gasteiger partial charge in [-0.25, -0.2) is 24.2 Å². The number of hydrogen-bond acceptors (Lipinski definition) is 12. The van der Waals surface area contributed by atoms with E-state index in [4.69, 9.17) is 14.2 Å². The van der Waals surface area contributed by atoms with E-state index < -0.39 is 58.9 Å². The van der Waals surface area contributed by atoms with E-state index in [0.717, 1.165) is 28.6 Å². The van der Waals surface area contributed by atoms with E-state index in [2.05, 4.69) is 20.4 Å². The highest BCUT2D eigenvalue weighted by Gasteiger charge is 2.43. The molecule has 0 saturated carbocycles. The average Bonchev–Trinajstić information content (AvgIpc) is 3.78. The molecule has 3 aromatic heterocycles. The highest BCUT2D eigenvalue weighted by atomic mass is 32.1. The molecule has 1 N–H and O–H groups in total. The first-order chi connectivity index (χ1) is 26.6. The molecule has 2 aliphatic rings. The molecule has 16 nitrogen and oxygen atoms in total. The number of amides is 5. The Morgan fingerprint density at radius 2 is 1.58 bits per heavy atom. The Morgan fingerprint density at radius 3 is 2.19 bits per heavy atom. The van der Waals surface area contributed by atoms with Gasteiger partial charge in [-0.2, -0.15) is 10.00 Å². The first-order valence-corrected chi connectivity index (χ1v) is 20.0. The molecular formula is C40H52N8O8S. The summed E-state index contributed by atoms with van der Waals surface area (Å²) in [5, 5.41) is 7.56. The molecule has 2 fully saturated rings. The molecule has 0 aliphatic carbocycles. The zero-order valence-corrected chi connectivity index (χ0v) is 35.1. The van der Waals surface area contributed by atoms with Gasteiger partial charge < -0.3 is 29.3 Å². The number of rotatable bonds is 4.